The summed E-state index contributed by atoms with van der Waals surface area (Å²) in [4.78, 5) is 0. The lowest BCUT2D eigenvalue weighted by Crippen LogP contribution is -2.36. The van der Waals surface area contributed by atoms with E-state index in [0.717, 1.165) is 0 Å². The molecule has 0 saturated carbocycles. The molecule has 13 heavy (non-hydrogen) atoms. The number of ether oxygens (including phenoxy) is 1. The molecule has 0 aliphatic carbocycles. The van der Waals surface area contributed by atoms with Crippen LogP contribution in [0.4, 0.5) is 0 Å². The van der Waals surface area contributed by atoms with Crippen LogP contribution in [-0.2, 0) is 14.8 Å². The van der Waals surface area contributed by atoms with Crippen molar-refractivity contribution in [2.24, 2.45) is 5.73 Å². The summed E-state index contributed by atoms with van der Waals surface area (Å²) >= 11 is 0. The largest absolute Gasteiger partial charge is 0.385 e. The molecule has 6 heteroatoms. The fourth-order valence-corrected chi connectivity index (χ4v) is 2.03. The van der Waals surface area contributed by atoms with Crippen molar-refractivity contribution in [3.63, 3.8) is 0 Å². The SMILES string of the molecule is COCCC(C)NS(=O)(=O)CCN. The molecule has 1 atom stereocenters. The minimum Gasteiger partial charge on any atom is -0.385 e. The Morgan fingerprint density at radius 2 is 2.15 bits per heavy atom. The summed E-state index contributed by atoms with van der Waals surface area (Å²) in [5.74, 6) is -0.0235. The van der Waals surface area contributed by atoms with Gasteiger partial charge >= 0.3 is 0 Å². The van der Waals surface area contributed by atoms with E-state index >= 15 is 0 Å². The van der Waals surface area contributed by atoms with Crippen molar-refractivity contribution in [3.8, 4) is 0 Å². The van der Waals surface area contributed by atoms with Crippen LogP contribution in [0.15, 0.2) is 0 Å². The lowest BCUT2D eigenvalue weighted by molar-refractivity contribution is 0.188. The summed E-state index contributed by atoms with van der Waals surface area (Å²) in [6.45, 7) is 2.49. The number of nitrogens with two attached hydrogens (primary N) is 1. The van der Waals surface area contributed by atoms with Crippen molar-refractivity contribution < 1.29 is 13.2 Å². The molecule has 0 aliphatic heterocycles. The van der Waals surface area contributed by atoms with E-state index in [9.17, 15) is 8.42 Å². The zero-order valence-electron chi connectivity index (χ0n) is 8.12. The van der Waals surface area contributed by atoms with Crippen molar-refractivity contribution in [3.05, 3.63) is 0 Å². The molecule has 3 N–H and O–H groups in total. The molecule has 0 bridgehead atoms. The number of hydrogen-bond acceptors (Lipinski definition) is 4. The summed E-state index contributed by atoms with van der Waals surface area (Å²) < 4.78 is 29.7. The van der Waals surface area contributed by atoms with Crippen LogP contribution in [0.1, 0.15) is 13.3 Å². The van der Waals surface area contributed by atoms with Gasteiger partial charge in [-0.05, 0) is 13.3 Å². The molecule has 80 valence electrons. The second-order valence-corrected chi connectivity index (χ2v) is 4.78. The first-order valence-electron chi connectivity index (χ1n) is 4.21. The second-order valence-electron chi connectivity index (χ2n) is 2.91. The quantitative estimate of drug-likeness (QED) is 0.581. The first-order valence-corrected chi connectivity index (χ1v) is 5.86. The molecular formula is C7H18N2O3S. The van der Waals surface area contributed by atoms with E-state index in [0.29, 0.717) is 13.0 Å². The third-order valence-corrected chi connectivity index (χ3v) is 3.06. The molecule has 5 nitrogen and oxygen atoms in total. The van der Waals surface area contributed by atoms with Gasteiger partial charge in [-0.25, -0.2) is 13.1 Å². The topological polar surface area (TPSA) is 81.4 Å². The van der Waals surface area contributed by atoms with Gasteiger partial charge in [0.1, 0.15) is 0 Å². The molecule has 0 aromatic heterocycles. The van der Waals surface area contributed by atoms with Gasteiger partial charge in [-0.15, -0.1) is 0 Å². The van der Waals surface area contributed by atoms with Crippen LogP contribution in [0, 0.1) is 0 Å². The van der Waals surface area contributed by atoms with E-state index in [1.165, 1.54) is 0 Å². The van der Waals surface area contributed by atoms with Gasteiger partial charge in [-0.3, -0.25) is 0 Å². The highest BCUT2D eigenvalue weighted by Gasteiger charge is 2.12. The van der Waals surface area contributed by atoms with Crippen molar-refractivity contribution in [2.75, 3.05) is 26.0 Å². The number of nitrogens with one attached hydrogen (secondary N) is 1. The number of hydrogen-bond donors (Lipinski definition) is 2. The standard InChI is InChI=1S/C7H18N2O3S/c1-7(3-5-12-2)9-13(10,11)6-4-8/h7,9H,3-6,8H2,1-2H3. The fraction of sp³-hybridized carbons (Fsp3) is 1.00. The van der Waals surface area contributed by atoms with Crippen LogP contribution in [0.5, 0.6) is 0 Å². The molecule has 0 spiro atoms. The average molecular weight is 210 g/mol. The van der Waals surface area contributed by atoms with E-state index in [1.807, 2.05) is 0 Å². The molecule has 0 saturated heterocycles. The average Bonchev–Trinajstić information content (AvgIpc) is 1.99. The van der Waals surface area contributed by atoms with Crippen molar-refractivity contribution >= 4 is 10.0 Å². The zero-order chi connectivity index (χ0) is 10.3. The van der Waals surface area contributed by atoms with E-state index in [-0.39, 0.29) is 18.3 Å². The van der Waals surface area contributed by atoms with Gasteiger partial charge in [0.25, 0.3) is 0 Å². The highest BCUT2D eigenvalue weighted by atomic mass is 32.2. The van der Waals surface area contributed by atoms with Crippen molar-refractivity contribution in [1.82, 2.24) is 4.72 Å². The van der Waals surface area contributed by atoms with Crippen LogP contribution in [0.2, 0.25) is 0 Å². The Morgan fingerprint density at radius 3 is 2.62 bits per heavy atom. The van der Waals surface area contributed by atoms with Crippen molar-refractivity contribution in [2.45, 2.75) is 19.4 Å². The van der Waals surface area contributed by atoms with Crippen LogP contribution >= 0.6 is 0 Å². The molecule has 0 aromatic carbocycles. The van der Waals surface area contributed by atoms with Crippen LogP contribution < -0.4 is 10.5 Å². The molecule has 0 aliphatic rings. The van der Waals surface area contributed by atoms with E-state index < -0.39 is 10.0 Å². The fourth-order valence-electron chi connectivity index (χ4n) is 0.874. The Morgan fingerprint density at radius 1 is 1.54 bits per heavy atom. The Bertz CT molecular complexity index is 216. The van der Waals surface area contributed by atoms with Crippen LogP contribution in [0.25, 0.3) is 0 Å². The highest BCUT2D eigenvalue weighted by molar-refractivity contribution is 7.89. The Labute approximate surface area is 79.7 Å². The van der Waals surface area contributed by atoms with Gasteiger partial charge in [0.2, 0.25) is 10.0 Å². The molecule has 0 radical (unpaired) electrons. The van der Waals surface area contributed by atoms with Crippen LogP contribution in [0.3, 0.4) is 0 Å². The molecular weight excluding hydrogens is 192 g/mol. The van der Waals surface area contributed by atoms with E-state index in [2.05, 4.69) is 4.72 Å². The van der Waals surface area contributed by atoms with E-state index in [1.54, 1.807) is 14.0 Å². The molecule has 0 fully saturated rings. The maximum Gasteiger partial charge on any atom is 0.213 e. The number of sulfonamides is 1. The molecule has 0 amide bonds. The van der Waals surface area contributed by atoms with Crippen LogP contribution in [-0.4, -0.2) is 40.5 Å². The first-order chi connectivity index (χ1) is 6.02. The third-order valence-electron chi connectivity index (χ3n) is 1.52. The lowest BCUT2D eigenvalue weighted by atomic mass is 10.3. The smallest absolute Gasteiger partial charge is 0.213 e. The predicted octanol–water partition coefficient (Wildman–Crippen LogP) is -0.710. The Hall–Kier alpha value is -0.170. The summed E-state index contributed by atoms with van der Waals surface area (Å²) in [7, 11) is -1.61. The molecule has 0 rings (SSSR count). The monoisotopic (exact) mass is 210 g/mol. The Kier molecular flexibility index (Phi) is 6.23. The zero-order valence-corrected chi connectivity index (χ0v) is 8.93. The maximum absolute atomic E-state index is 11.2. The Balaban J connectivity index is 3.82. The summed E-state index contributed by atoms with van der Waals surface area (Å²) in [5.41, 5.74) is 5.15. The normalized spacial score (nSPS) is 14.4. The third kappa shape index (κ3) is 6.94. The summed E-state index contributed by atoms with van der Waals surface area (Å²) in [6, 6.07) is -0.100. The summed E-state index contributed by atoms with van der Waals surface area (Å²) in [6.07, 6.45) is 0.667. The lowest BCUT2D eigenvalue weighted by Gasteiger charge is -2.12. The van der Waals surface area contributed by atoms with Crippen molar-refractivity contribution in [1.29, 1.82) is 0 Å². The first kappa shape index (κ1) is 12.8. The summed E-state index contributed by atoms with van der Waals surface area (Å²) in [5, 5.41) is 0. The molecule has 0 heterocycles. The van der Waals surface area contributed by atoms with Gasteiger partial charge < -0.3 is 10.5 Å². The minimum atomic E-state index is -3.19. The van der Waals surface area contributed by atoms with Gasteiger partial charge in [0, 0.05) is 26.3 Å². The van der Waals surface area contributed by atoms with Gasteiger partial charge in [0.15, 0.2) is 0 Å². The van der Waals surface area contributed by atoms with Gasteiger partial charge in [-0.1, -0.05) is 0 Å². The van der Waals surface area contributed by atoms with E-state index in [4.69, 9.17) is 10.5 Å². The number of rotatable bonds is 7. The number of methoxy groups -OCH3 is 1. The molecule has 1 unspecified atom stereocenters. The molecule has 0 aromatic rings. The predicted molar refractivity (Wildman–Crippen MR) is 51.9 cm³/mol. The maximum atomic E-state index is 11.2. The second kappa shape index (κ2) is 6.31. The van der Waals surface area contributed by atoms with Gasteiger partial charge in [-0.2, -0.15) is 0 Å². The minimum absolute atomic E-state index is 0.0235. The highest BCUT2D eigenvalue weighted by Crippen LogP contribution is 1.94. The van der Waals surface area contributed by atoms with Gasteiger partial charge in [0.05, 0.1) is 5.75 Å².